The van der Waals surface area contributed by atoms with Crippen LogP contribution in [0.4, 0.5) is 14.9 Å². The predicted octanol–water partition coefficient (Wildman–Crippen LogP) is 4.29. The van der Waals surface area contributed by atoms with Crippen LogP contribution in [0.2, 0.25) is 0 Å². The number of carbonyl (C=O) groups excluding carboxylic acids is 1. The van der Waals surface area contributed by atoms with Crippen molar-refractivity contribution in [1.82, 2.24) is 0 Å². The fourth-order valence-corrected chi connectivity index (χ4v) is 6.33. The lowest BCUT2D eigenvalue weighted by Gasteiger charge is -2.40. The number of phenols is 1. The minimum Gasteiger partial charge on any atom is -0.508 e. The first-order valence-corrected chi connectivity index (χ1v) is 15.4. The number of aromatic hydroxyl groups is 1. The molecule has 0 saturated carbocycles. The van der Waals surface area contributed by atoms with E-state index in [2.05, 4.69) is 0 Å². The summed E-state index contributed by atoms with van der Waals surface area (Å²) >= 11 is 0. The molecule has 4 aromatic rings. The van der Waals surface area contributed by atoms with Crippen LogP contribution in [0.3, 0.4) is 0 Å². The standard InChI is InChI=1S/C36H36FNO9/c37-24-13-10-21(11-14-24)27(40)16-17-29-31(38(36(45)47-29)25-4-2-1-3-5-25)26-15-12-23(18-28(26)41)20-6-8-22(9-7-20)35-34(44)33(43)32(42)30(19-39)46-35/h1-15,18,27,29-35,39-44H,16-17,19H2/t27?,29-,30-,31-,32-,33+,34-,35?/m1/s1. The summed E-state index contributed by atoms with van der Waals surface area (Å²) in [6, 6.07) is 25.8. The van der Waals surface area contributed by atoms with Crippen LogP contribution in [0, 0.1) is 5.82 Å². The Morgan fingerprint density at radius 1 is 0.809 bits per heavy atom. The van der Waals surface area contributed by atoms with Gasteiger partial charge in [-0.3, -0.25) is 4.90 Å². The van der Waals surface area contributed by atoms with Crippen LogP contribution >= 0.6 is 0 Å². The van der Waals surface area contributed by atoms with Gasteiger partial charge < -0.3 is 40.1 Å². The van der Waals surface area contributed by atoms with Crippen molar-refractivity contribution in [1.29, 1.82) is 0 Å². The molecular formula is C36H36FNO9. The van der Waals surface area contributed by atoms with Gasteiger partial charge in [0.25, 0.3) is 0 Å². The molecule has 47 heavy (non-hydrogen) atoms. The third kappa shape index (κ3) is 6.59. The number of phenolic OH excluding ortho intramolecular Hbond substituents is 1. The van der Waals surface area contributed by atoms with Crippen LogP contribution in [-0.2, 0) is 9.47 Å². The molecule has 2 aliphatic heterocycles. The smallest absolute Gasteiger partial charge is 0.415 e. The van der Waals surface area contributed by atoms with Gasteiger partial charge in [0.15, 0.2) is 0 Å². The van der Waals surface area contributed by atoms with Crippen molar-refractivity contribution in [3.8, 4) is 16.9 Å². The highest BCUT2D eigenvalue weighted by Gasteiger charge is 2.45. The lowest BCUT2D eigenvalue weighted by Crippen LogP contribution is -2.55. The Morgan fingerprint density at radius 2 is 1.49 bits per heavy atom. The highest BCUT2D eigenvalue weighted by atomic mass is 19.1. The lowest BCUT2D eigenvalue weighted by molar-refractivity contribution is -0.231. The van der Waals surface area contributed by atoms with E-state index < -0.39 is 67.3 Å². The normalized spacial score (nSPS) is 26.6. The molecule has 0 aliphatic carbocycles. The second-order valence-electron chi connectivity index (χ2n) is 11.9. The molecule has 0 radical (unpaired) electrons. The van der Waals surface area contributed by atoms with Gasteiger partial charge in [-0.2, -0.15) is 0 Å². The number of ether oxygens (including phenoxy) is 2. The Labute approximate surface area is 270 Å². The van der Waals surface area contributed by atoms with Crippen molar-refractivity contribution in [3.05, 3.63) is 120 Å². The Kier molecular flexibility index (Phi) is 9.55. The van der Waals surface area contributed by atoms with E-state index in [1.165, 1.54) is 29.2 Å². The van der Waals surface area contributed by atoms with Crippen molar-refractivity contribution in [3.63, 3.8) is 0 Å². The second-order valence-corrected chi connectivity index (χ2v) is 11.9. The molecule has 0 aromatic heterocycles. The lowest BCUT2D eigenvalue weighted by atomic mass is 9.90. The summed E-state index contributed by atoms with van der Waals surface area (Å²) in [7, 11) is 0. The van der Waals surface area contributed by atoms with E-state index in [9.17, 15) is 39.8 Å². The number of para-hydroxylation sites is 1. The van der Waals surface area contributed by atoms with Gasteiger partial charge in [0.2, 0.25) is 0 Å². The van der Waals surface area contributed by atoms with Crippen LogP contribution in [0.15, 0.2) is 97.1 Å². The van der Waals surface area contributed by atoms with Crippen molar-refractivity contribution in [2.75, 3.05) is 11.5 Å². The van der Waals surface area contributed by atoms with Gasteiger partial charge in [0, 0.05) is 11.3 Å². The van der Waals surface area contributed by atoms with Gasteiger partial charge in [0.05, 0.1) is 12.7 Å². The van der Waals surface area contributed by atoms with Gasteiger partial charge in [0.1, 0.15) is 54.2 Å². The molecule has 0 spiro atoms. The summed E-state index contributed by atoms with van der Waals surface area (Å²) in [5.41, 5.74) is 3.47. The summed E-state index contributed by atoms with van der Waals surface area (Å²) in [6.45, 7) is -0.528. The first-order chi connectivity index (χ1) is 22.7. The van der Waals surface area contributed by atoms with Crippen LogP contribution in [0.1, 0.15) is 47.8 Å². The Bertz CT molecular complexity index is 1670. The minimum absolute atomic E-state index is 0.0752. The quantitative estimate of drug-likeness (QED) is 0.156. The molecule has 11 heteroatoms. The molecule has 6 rings (SSSR count). The number of rotatable bonds is 9. The fourth-order valence-electron chi connectivity index (χ4n) is 6.33. The summed E-state index contributed by atoms with van der Waals surface area (Å²) in [4.78, 5) is 14.7. The molecular weight excluding hydrogens is 609 g/mol. The second kappa shape index (κ2) is 13.8. The van der Waals surface area contributed by atoms with E-state index in [1.807, 2.05) is 6.07 Å². The Balaban J connectivity index is 1.25. The number of aliphatic hydroxyl groups excluding tert-OH is 5. The number of hydrogen-bond donors (Lipinski definition) is 6. The van der Waals surface area contributed by atoms with E-state index in [0.29, 0.717) is 27.9 Å². The van der Waals surface area contributed by atoms with Gasteiger partial charge in [-0.05, 0) is 65.4 Å². The monoisotopic (exact) mass is 645 g/mol. The molecule has 2 saturated heterocycles. The molecule has 8 atom stereocenters. The summed E-state index contributed by atoms with van der Waals surface area (Å²) < 4.78 is 24.9. The number of nitrogens with zero attached hydrogens (tertiary/aromatic N) is 1. The highest BCUT2D eigenvalue weighted by Crippen LogP contribution is 2.44. The molecule has 4 aromatic carbocycles. The van der Waals surface area contributed by atoms with E-state index in [0.717, 1.165) is 5.56 Å². The minimum atomic E-state index is -1.49. The van der Waals surface area contributed by atoms with Crippen molar-refractivity contribution in [2.24, 2.45) is 0 Å². The van der Waals surface area contributed by atoms with E-state index >= 15 is 0 Å². The van der Waals surface area contributed by atoms with Crippen LogP contribution in [-0.4, -0.2) is 73.9 Å². The van der Waals surface area contributed by atoms with Gasteiger partial charge in [-0.1, -0.05) is 66.7 Å². The maximum Gasteiger partial charge on any atom is 0.415 e. The molecule has 2 fully saturated rings. The largest absolute Gasteiger partial charge is 0.508 e. The van der Waals surface area contributed by atoms with E-state index in [-0.39, 0.29) is 18.6 Å². The van der Waals surface area contributed by atoms with Gasteiger partial charge in [-0.15, -0.1) is 0 Å². The number of anilines is 1. The molecule has 6 N–H and O–H groups in total. The van der Waals surface area contributed by atoms with Crippen molar-refractivity contribution in [2.45, 2.75) is 61.6 Å². The van der Waals surface area contributed by atoms with Crippen molar-refractivity contribution < 1.29 is 49.3 Å². The van der Waals surface area contributed by atoms with E-state index in [1.54, 1.807) is 66.7 Å². The number of halogens is 1. The SMILES string of the molecule is O=C1O[C@H](CCC(O)c2ccc(F)cc2)[C@@H](c2ccc(-c3ccc(C4O[C@H](CO)[C@@H](O)[C@H](O)[C@H]4O)cc3)cc2O)N1c1ccccc1. The summed E-state index contributed by atoms with van der Waals surface area (Å²) in [5, 5.41) is 62.4. The zero-order valence-corrected chi connectivity index (χ0v) is 25.2. The Hall–Kier alpha value is -4.36. The highest BCUT2D eigenvalue weighted by molar-refractivity contribution is 5.91. The topological polar surface area (TPSA) is 160 Å². The third-order valence-electron chi connectivity index (χ3n) is 8.91. The number of carbonyl (C=O) groups is 1. The van der Waals surface area contributed by atoms with Gasteiger partial charge >= 0.3 is 6.09 Å². The predicted molar refractivity (Wildman–Crippen MR) is 169 cm³/mol. The maximum atomic E-state index is 13.4. The molecule has 2 aliphatic rings. The third-order valence-corrected chi connectivity index (χ3v) is 8.91. The molecule has 246 valence electrons. The Morgan fingerprint density at radius 3 is 2.15 bits per heavy atom. The van der Waals surface area contributed by atoms with Crippen LogP contribution in [0.5, 0.6) is 5.75 Å². The zero-order chi connectivity index (χ0) is 33.2. The number of cyclic esters (lactones) is 1. The zero-order valence-electron chi connectivity index (χ0n) is 25.2. The number of hydrogen-bond acceptors (Lipinski definition) is 9. The first-order valence-electron chi connectivity index (χ1n) is 15.4. The summed E-state index contributed by atoms with van der Waals surface area (Å²) in [6.07, 6.45) is -8.09. The first kappa shape index (κ1) is 32.6. The average molecular weight is 646 g/mol. The van der Waals surface area contributed by atoms with Crippen molar-refractivity contribution >= 4 is 11.8 Å². The number of amides is 1. The molecule has 2 unspecified atom stereocenters. The summed E-state index contributed by atoms with van der Waals surface area (Å²) in [5.74, 6) is -0.485. The molecule has 10 nitrogen and oxygen atoms in total. The maximum absolute atomic E-state index is 13.4. The fraction of sp³-hybridized carbons (Fsp3) is 0.306. The molecule has 1 amide bonds. The average Bonchev–Trinajstić information content (AvgIpc) is 3.42. The number of aliphatic hydroxyl groups is 5. The van der Waals surface area contributed by atoms with Crippen LogP contribution < -0.4 is 4.90 Å². The molecule has 2 heterocycles. The number of benzene rings is 4. The van der Waals surface area contributed by atoms with Crippen LogP contribution in [0.25, 0.3) is 11.1 Å². The van der Waals surface area contributed by atoms with Gasteiger partial charge in [-0.25, -0.2) is 9.18 Å². The van der Waals surface area contributed by atoms with E-state index in [4.69, 9.17) is 9.47 Å². The molecule has 0 bridgehead atoms.